The number of aryl methyl sites for hydroxylation is 1. The molecule has 1 atom stereocenters. The lowest BCUT2D eigenvalue weighted by Crippen LogP contribution is -2.19. The Morgan fingerprint density at radius 1 is 1.29 bits per heavy atom. The van der Waals surface area contributed by atoms with E-state index in [0.717, 1.165) is 22.5 Å². The topological polar surface area (TPSA) is 50.7 Å². The van der Waals surface area contributed by atoms with Gasteiger partial charge in [0.2, 0.25) is 5.28 Å². The molecule has 6 heteroatoms. The maximum absolute atomic E-state index is 6.01. The number of nitrogens with one attached hydrogen (secondary N) is 1. The number of thiophene rings is 1. The van der Waals surface area contributed by atoms with E-state index in [1.807, 2.05) is 30.6 Å². The van der Waals surface area contributed by atoms with Crippen molar-refractivity contribution in [2.24, 2.45) is 0 Å². The number of hydrogen-bond donors (Lipinski definition) is 1. The van der Waals surface area contributed by atoms with Gasteiger partial charge in [0, 0.05) is 23.3 Å². The van der Waals surface area contributed by atoms with Gasteiger partial charge in [-0.2, -0.15) is 4.98 Å². The minimum Gasteiger partial charge on any atom is -0.366 e. The van der Waals surface area contributed by atoms with Gasteiger partial charge >= 0.3 is 0 Å². The minimum atomic E-state index is 0.240. The van der Waals surface area contributed by atoms with Gasteiger partial charge in [-0.05, 0) is 55.6 Å². The standard InChI is InChI=1S/C15H15ClN4S/c1-9(7-11-3-5-17-6-4-11)18-14-13-12(8-10(2)21-13)19-15(16)20-14/h3-6,8-9H,7H2,1-2H3,(H,18,19,20). The monoisotopic (exact) mass is 318 g/mol. The van der Waals surface area contributed by atoms with E-state index >= 15 is 0 Å². The third kappa shape index (κ3) is 3.31. The number of hydrogen-bond acceptors (Lipinski definition) is 5. The van der Waals surface area contributed by atoms with Crippen LogP contribution in [0.1, 0.15) is 17.4 Å². The summed E-state index contributed by atoms with van der Waals surface area (Å²) in [7, 11) is 0. The average molecular weight is 319 g/mol. The Morgan fingerprint density at radius 2 is 2.05 bits per heavy atom. The molecule has 0 amide bonds. The number of halogens is 1. The van der Waals surface area contributed by atoms with Gasteiger partial charge in [0.1, 0.15) is 5.82 Å². The summed E-state index contributed by atoms with van der Waals surface area (Å²) >= 11 is 7.69. The Labute approximate surface area is 132 Å². The van der Waals surface area contributed by atoms with Crippen molar-refractivity contribution in [3.8, 4) is 0 Å². The smallest absolute Gasteiger partial charge is 0.224 e. The molecule has 3 heterocycles. The highest BCUT2D eigenvalue weighted by Crippen LogP contribution is 2.30. The minimum absolute atomic E-state index is 0.240. The summed E-state index contributed by atoms with van der Waals surface area (Å²) in [5, 5.41) is 3.72. The first-order chi connectivity index (χ1) is 10.1. The Balaban J connectivity index is 1.84. The molecule has 0 aliphatic heterocycles. The molecule has 1 N–H and O–H groups in total. The lowest BCUT2D eigenvalue weighted by Gasteiger charge is -2.15. The van der Waals surface area contributed by atoms with Gasteiger partial charge in [-0.1, -0.05) is 0 Å². The molecule has 0 radical (unpaired) electrons. The van der Waals surface area contributed by atoms with Crippen molar-refractivity contribution < 1.29 is 0 Å². The highest BCUT2D eigenvalue weighted by atomic mass is 35.5. The summed E-state index contributed by atoms with van der Waals surface area (Å²) in [4.78, 5) is 13.8. The molecule has 0 saturated carbocycles. The van der Waals surface area contributed by atoms with Crippen LogP contribution in [0.25, 0.3) is 10.2 Å². The van der Waals surface area contributed by atoms with E-state index in [0.29, 0.717) is 0 Å². The van der Waals surface area contributed by atoms with Gasteiger partial charge < -0.3 is 5.32 Å². The molecule has 0 bridgehead atoms. The first kappa shape index (κ1) is 14.2. The molecule has 3 aromatic heterocycles. The maximum atomic E-state index is 6.01. The van der Waals surface area contributed by atoms with Crippen molar-refractivity contribution in [1.82, 2.24) is 15.0 Å². The summed E-state index contributed by atoms with van der Waals surface area (Å²) in [6.07, 6.45) is 4.52. The maximum Gasteiger partial charge on any atom is 0.224 e. The van der Waals surface area contributed by atoms with E-state index in [2.05, 4.69) is 34.1 Å². The molecule has 0 fully saturated rings. The first-order valence-electron chi connectivity index (χ1n) is 6.71. The normalized spacial score (nSPS) is 12.5. The fraction of sp³-hybridized carbons (Fsp3) is 0.267. The van der Waals surface area contributed by atoms with Gasteiger partial charge in [0.05, 0.1) is 10.2 Å². The molecule has 4 nitrogen and oxygen atoms in total. The highest BCUT2D eigenvalue weighted by Gasteiger charge is 2.12. The Bertz CT molecular complexity index is 757. The highest BCUT2D eigenvalue weighted by molar-refractivity contribution is 7.19. The third-order valence-electron chi connectivity index (χ3n) is 3.14. The van der Waals surface area contributed by atoms with Crippen LogP contribution >= 0.6 is 22.9 Å². The molecule has 0 aromatic carbocycles. The Hall–Kier alpha value is -1.72. The molecule has 3 aromatic rings. The number of fused-ring (bicyclic) bond motifs is 1. The van der Waals surface area contributed by atoms with E-state index in [9.17, 15) is 0 Å². The lowest BCUT2D eigenvalue weighted by molar-refractivity contribution is 0.785. The van der Waals surface area contributed by atoms with Crippen LogP contribution < -0.4 is 5.32 Å². The van der Waals surface area contributed by atoms with Crippen molar-refractivity contribution in [3.63, 3.8) is 0 Å². The summed E-state index contributed by atoms with van der Waals surface area (Å²) in [5.41, 5.74) is 2.14. The Kier molecular flexibility index (Phi) is 4.03. The molecule has 108 valence electrons. The van der Waals surface area contributed by atoms with Gasteiger partial charge in [0.15, 0.2) is 0 Å². The van der Waals surface area contributed by atoms with E-state index < -0.39 is 0 Å². The van der Waals surface area contributed by atoms with Crippen molar-refractivity contribution >= 4 is 39.0 Å². The van der Waals surface area contributed by atoms with E-state index in [-0.39, 0.29) is 11.3 Å². The number of nitrogens with zero attached hydrogens (tertiary/aromatic N) is 3. The first-order valence-corrected chi connectivity index (χ1v) is 7.90. The number of aromatic nitrogens is 3. The van der Waals surface area contributed by atoms with E-state index in [4.69, 9.17) is 11.6 Å². The zero-order valence-electron chi connectivity index (χ0n) is 11.8. The Morgan fingerprint density at radius 3 is 2.81 bits per heavy atom. The molecule has 3 rings (SSSR count). The molecule has 1 unspecified atom stereocenters. The molecule has 0 spiro atoms. The predicted octanol–water partition coefficient (Wildman–Crippen LogP) is 4.09. The second-order valence-corrected chi connectivity index (χ2v) is 6.61. The summed E-state index contributed by atoms with van der Waals surface area (Å²) in [6.45, 7) is 4.19. The fourth-order valence-corrected chi connectivity index (χ4v) is 3.35. The molecule has 0 aliphatic carbocycles. The van der Waals surface area contributed by atoms with Gasteiger partial charge in [0.25, 0.3) is 0 Å². The quantitative estimate of drug-likeness (QED) is 0.736. The zero-order valence-corrected chi connectivity index (χ0v) is 13.4. The van der Waals surface area contributed by atoms with E-state index in [1.165, 1.54) is 10.4 Å². The van der Waals surface area contributed by atoms with E-state index in [1.54, 1.807) is 11.3 Å². The summed E-state index contributed by atoms with van der Waals surface area (Å²) < 4.78 is 1.05. The van der Waals surface area contributed by atoms with Gasteiger partial charge in [-0.3, -0.25) is 4.98 Å². The molecular formula is C15H15ClN4S. The fourth-order valence-electron chi connectivity index (χ4n) is 2.28. The number of anilines is 1. The van der Waals surface area contributed by atoms with Crippen LogP contribution in [0.2, 0.25) is 5.28 Å². The second kappa shape index (κ2) is 5.95. The van der Waals surface area contributed by atoms with Crippen LogP contribution in [0, 0.1) is 6.92 Å². The predicted molar refractivity (Wildman–Crippen MR) is 88.2 cm³/mol. The SMILES string of the molecule is Cc1cc2nc(Cl)nc(NC(C)Cc3ccncc3)c2s1. The number of rotatable bonds is 4. The average Bonchev–Trinajstić information content (AvgIpc) is 2.80. The van der Waals surface area contributed by atoms with Crippen LogP contribution in [-0.4, -0.2) is 21.0 Å². The molecule has 0 saturated heterocycles. The summed E-state index contributed by atoms with van der Waals surface area (Å²) in [5.74, 6) is 0.810. The van der Waals surface area contributed by atoms with Crippen molar-refractivity contribution in [1.29, 1.82) is 0 Å². The molecular weight excluding hydrogens is 304 g/mol. The van der Waals surface area contributed by atoms with Crippen molar-refractivity contribution in [2.75, 3.05) is 5.32 Å². The van der Waals surface area contributed by atoms with Crippen molar-refractivity contribution in [3.05, 3.63) is 46.3 Å². The summed E-state index contributed by atoms with van der Waals surface area (Å²) in [6, 6.07) is 6.32. The molecule has 0 aliphatic rings. The van der Waals surface area contributed by atoms with Crippen LogP contribution in [0.15, 0.2) is 30.6 Å². The number of pyridine rings is 1. The van der Waals surface area contributed by atoms with Crippen LogP contribution in [0.3, 0.4) is 0 Å². The van der Waals surface area contributed by atoms with Crippen molar-refractivity contribution in [2.45, 2.75) is 26.3 Å². The van der Waals surface area contributed by atoms with Crippen LogP contribution in [-0.2, 0) is 6.42 Å². The zero-order chi connectivity index (χ0) is 14.8. The molecule has 21 heavy (non-hydrogen) atoms. The lowest BCUT2D eigenvalue weighted by atomic mass is 10.1. The third-order valence-corrected chi connectivity index (χ3v) is 4.36. The van der Waals surface area contributed by atoms with Crippen LogP contribution in [0.4, 0.5) is 5.82 Å². The second-order valence-electron chi connectivity index (χ2n) is 5.02. The largest absolute Gasteiger partial charge is 0.366 e. The van der Waals surface area contributed by atoms with Gasteiger partial charge in [-0.25, -0.2) is 4.98 Å². The van der Waals surface area contributed by atoms with Crippen LogP contribution in [0.5, 0.6) is 0 Å². The van der Waals surface area contributed by atoms with Gasteiger partial charge in [-0.15, -0.1) is 11.3 Å².